The highest BCUT2D eigenvalue weighted by Gasteiger charge is 2.52. The van der Waals surface area contributed by atoms with Crippen LogP contribution < -0.4 is 0 Å². The lowest BCUT2D eigenvalue weighted by atomic mass is 9.68. The maximum Gasteiger partial charge on any atom is 0.392 e. The fraction of sp³-hybridized carbons (Fsp3) is 0.905. The van der Waals surface area contributed by atoms with Gasteiger partial charge in [0.1, 0.15) is 0 Å². The smallest absolute Gasteiger partial charge is 0.392 e. The third kappa shape index (κ3) is 7.99. The predicted octanol–water partition coefficient (Wildman–Crippen LogP) is 12.6. The van der Waals surface area contributed by atoms with Gasteiger partial charge in [-0.2, -0.15) is 13.2 Å². The molecular weight excluding hydrogens is 577 g/mol. The van der Waals surface area contributed by atoms with E-state index in [9.17, 15) is 18.3 Å². The number of aliphatic hydroxyl groups is 1. The van der Waals surface area contributed by atoms with Crippen LogP contribution in [0.1, 0.15) is 163 Å². The van der Waals surface area contributed by atoms with Crippen LogP contribution in [0.2, 0.25) is 0 Å². The molecule has 6 rings (SSSR count). The Hall–Kier alpha value is -0.770. The van der Waals surface area contributed by atoms with Gasteiger partial charge in [-0.15, -0.1) is 0 Å². The van der Waals surface area contributed by atoms with Crippen molar-refractivity contribution < 1.29 is 18.3 Å². The lowest BCUT2D eigenvalue weighted by Gasteiger charge is -2.40. The highest BCUT2D eigenvalue weighted by molar-refractivity contribution is 5.45. The zero-order chi connectivity index (χ0) is 32.6. The molecule has 0 aliphatic heterocycles. The Bertz CT molecular complexity index is 1090. The quantitative estimate of drug-likeness (QED) is 0.279. The number of hydrogen-bond acceptors (Lipinski definition) is 1. The molecule has 1 N–H and O–H groups in total. The van der Waals surface area contributed by atoms with Crippen molar-refractivity contribution in [1.82, 2.24) is 0 Å². The second kappa shape index (κ2) is 15.0. The monoisotopic (exact) mass is 645 g/mol. The normalized spacial score (nSPS) is 41.6. The molecule has 6 aliphatic carbocycles. The average molecular weight is 645 g/mol. The van der Waals surface area contributed by atoms with Crippen molar-refractivity contribution in [3.63, 3.8) is 0 Å². The molecule has 4 heteroatoms. The number of aliphatic hydroxyl groups excluding tert-OH is 1. The van der Waals surface area contributed by atoms with E-state index in [4.69, 9.17) is 0 Å². The van der Waals surface area contributed by atoms with E-state index in [1.54, 1.807) is 22.3 Å². The van der Waals surface area contributed by atoms with Gasteiger partial charge in [0.25, 0.3) is 0 Å². The molecule has 0 spiro atoms. The SMILES string of the molecule is CCC1CC(C2=C(C)C3CC3C(C(O)CC3CCC(CCC4CCCCC(C)CC4)C(C(F)(F)F)C3)C2)=C2CCCCC2CC1C. The summed E-state index contributed by atoms with van der Waals surface area (Å²) < 4.78 is 43.6. The molecule has 0 aromatic rings. The molecule has 4 fully saturated rings. The Morgan fingerprint density at radius 3 is 2.33 bits per heavy atom. The summed E-state index contributed by atoms with van der Waals surface area (Å²) in [5, 5.41) is 11.8. The summed E-state index contributed by atoms with van der Waals surface area (Å²) in [5.41, 5.74) is 6.62. The van der Waals surface area contributed by atoms with Gasteiger partial charge < -0.3 is 5.11 Å². The van der Waals surface area contributed by atoms with Crippen LogP contribution in [-0.4, -0.2) is 17.4 Å². The Balaban J connectivity index is 1.11. The Kier molecular flexibility index (Phi) is 11.4. The molecule has 262 valence electrons. The maximum atomic E-state index is 14.5. The second-order valence-electron chi connectivity index (χ2n) is 17.9. The third-order valence-corrected chi connectivity index (χ3v) is 15.0. The van der Waals surface area contributed by atoms with Crippen LogP contribution in [0.5, 0.6) is 0 Å². The van der Waals surface area contributed by atoms with Crippen LogP contribution in [0.15, 0.2) is 22.3 Å². The largest absolute Gasteiger partial charge is 0.393 e. The highest BCUT2D eigenvalue weighted by Crippen LogP contribution is 2.60. The van der Waals surface area contributed by atoms with Crippen LogP contribution in [0.25, 0.3) is 0 Å². The fourth-order valence-electron chi connectivity index (χ4n) is 11.9. The number of rotatable bonds is 8. The lowest BCUT2D eigenvalue weighted by molar-refractivity contribution is -0.202. The summed E-state index contributed by atoms with van der Waals surface area (Å²) in [6.45, 7) is 9.58. The minimum atomic E-state index is -4.12. The first-order valence-corrected chi connectivity index (χ1v) is 20.2. The Morgan fingerprint density at radius 1 is 0.783 bits per heavy atom. The molecule has 4 saturated carbocycles. The van der Waals surface area contributed by atoms with Crippen molar-refractivity contribution in [1.29, 1.82) is 0 Å². The molecule has 12 unspecified atom stereocenters. The zero-order valence-electron chi connectivity index (χ0n) is 29.9. The zero-order valence-corrected chi connectivity index (χ0v) is 29.9. The number of allylic oxidation sites excluding steroid dienone is 4. The number of fused-ring (bicyclic) bond motifs is 2. The first kappa shape index (κ1) is 35.1. The first-order valence-electron chi connectivity index (χ1n) is 20.2. The first-order chi connectivity index (χ1) is 22.0. The molecule has 46 heavy (non-hydrogen) atoms. The summed E-state index contributed by atoms with van der Waals surface area (Å²) in [7, 11) is 0. The van der Waals surface area contributed by atoms with E-state index in [-0.39, 0.29) is 24.2 Å². The van der Waals surface area contributed by atoms with Gasteiger partial charge in [-0.3, -0.25) is 0 Å². The fourth-order valence-corrected chi connectivity index (χ4v) is 11.9. The van der Waals surface area contributed by atoms with Gasteiger partial charge in [0.05, 0.1) is 12.0 Å². The van der Waals surface area contributed by atoms with E-state index in [1.165, 1.54) is 89.9 Å². The molecule has 0 saturated heterocycles. The van der Waals surface area contributed by atoms with Crippen molar-refractivity contribution in [2.24, 2.45) is 65.1 Å². The van der Waals surface area contributed by atoms with Gasteiger partial charge in [-0.1, -0.05) is 96.1 Å². The van der Waals surface area contributed by atoms with Crippen LogP contribution in [0, 0.1) is 65.1 Å². The summed E-state index contributed by atoms with van der Waals surface area (Å²) in [5.74, 6) is 3.57. The number of hydrogen-bond donors (Lipinski definition) is 1. The summed E-state index contributed by atoms with van der Waals surface area (Å²) in [6, 6.07) is 0. The molecule has 6 aliphatic rings. The number of halogens is 3. The summed E-state index contributed by atoms with van der Waals surface area (Å²) >= 11 is 0. The van der Waals surface area contributed by atoms with Gasteiger partial charge in [-0.25, -0.2) is 0 Å². The van der Waals surface area contributed by atoms with Crippen LogP contribution in [-0.2, 0) is 0 Å². The van der Waals surface area contributed by atoms with E-state index in [0.29, 0.717) is 30.6 Å². The van der Waals surface area contributed by atoms with E-state index in [2.05, 4.69) is 27.7 Å². The highest BCUT2D eigenvalue weighted by atomic mass is 19.4. The van der Waals surface area contributed by atoms with E-state index in [0.717, 1.165) is 49.4 Å². The van der Waals surface area contributed by atoms with E-state index >= 15 is 0 Å². The minimum absolute atomic E-state index is 0.000672. The molecule has 12 atom stereocenters. The van der Waals surface area contributed by atoms with Crippen molar-refractivity contribution in [2.75, 3.05) is 0 Å². The van der Waals surface area contributed by atoms with Crippen LogP contribution >= 0.6 is 0 Å². The van der Waals surface area contributed by atoms with Crippen LogP contribution in [0.4, 0.5) is 13.2 Å². The topological polar surface area (TPSA) is 20.2 Å². The third-order valence-electron chi connectivity index (χ3n) is 15.0. The standard InChI is InChI=1S/C42H67F3O/c1-5-31-23-37(34-13-9-8-12-33(34)20-27(31)3)36-25-39(38-24-35(38)28(36)4)41(46)22-30-17-19-32(40(21-30)42(43,44)45)18-16-29-11-7-6-10-26(2)14-15-29/h26-27,29-33,35,38-41,46H,5-25H2,1-4H3. The predicted molar refractivity (Wildman–Crippen MR) is 184 cm³/mol. The Labute approximate surface area is 280 Å². The lowest BCUT2D eigenvalue weighted by Crippen LogP contribution is -2.38. The maximum absolute atomic E-state index is 14.5. The molecule has 0 heterocycles. The summed E-state index contributed by atoms with van der Waals surface area (Å²) in [6.07, 6.45) is 18.2. The molecule has 1 nitrogen and oxygen atoms in total. The van der Waals surface area contributed by atoms with Crippen LogP contribution in [0.3, 0.4) is 0 Å². The Morgan fingerprint density at radius 2 is 1.54 bits per heavy atom. The van der Waals surface area contributed by atoms with Gasteiger partial charge in [-0.05, 0) is 148 Å². The second-order valence-corrected chi connectivity index (χ2v) is 17.9. The molecule has 0 amide bonds. The molecular formula is C42H67F3O. The van der Waals surface area contributed by atoms with Crippen molar-refractivity contribution in [3.05, 3.63) is 22.3 Å². The molecule has 0 radical (unpaired) electrons. The summed E-state index contributed by atoms with van der Waals surface area (Å²) in [4.78, 5) is 0. The van der Waals surface area contributed by atoms with E-state index < -0.39 is 18.2 Å². The van der Waals surface area contributed by atoms with Gasteiger partial charge in [0.15, 0.2) is 0 Å². The van der Waals surface area contributed by atoms with E-state index in [1.807, 2.05) is 0 Å². The molecule has 0 bridgehead atoms. The minimum Gasteiger partial charge on any atom is -0.393 e. The molecule has 0 aromatic carbocycles. The van der Waals surface area contributed by atoms with Crippen molar-refractivity contribution in [3.8, 4) is 0 Å². The van der Waals surface area contributed by atoms with Crippen molar-refractivity contribution in [2.45, 2.75) is 175 Å². The van der Waals surface area contributed by atoms with Crippen molar-refractivity contribution >= 4 is 0 Å². The average Bonchev–Trinajstić information content (AvgIpc) is 3.83. The van der Waals surface area contributed by atoms with Gasteiger partial charge in [0, 0.05) is 0 Å². The molecule has 0 aromatic heterocycles. The van der Waals surface area contributed by atoms with Gasteiger partial charge >= 0.3 is 6.18 Å². The van der Waals surface area contributed by atoms with Gasteiger partial charge in [0.2, 0.25) is 0 Å². The number of alkyl halides is 3.